The van der Waals surface area contributed by atoms with E-state index in [0.29, 0.717) is 13.1 Å². The lowest BCUT2D eigenvalue weighted by Crippen LogP contribution is -2.49. The summed E-state index contributed by atoms with van der Waals surface area (Å²) in [4.78, 5) is 25.6. The number of rotatable bonds is 2. The largest absolute Gasteiger partial charge is 0.481 e. The molecular formula is C20H27NO4. The number of carbonyl (C=O) groups excluding carboxylic acids is 1. The SMILES string of the molecule is CC(C)(C)OC(=O)N1CCCC2(CC(CC(=O)O)c3ccccc32)C1. The zero-order chi connectivity index (χ0) is 18.2. The van der Waals surface area contributed by atoms with Crippen LogP contribution in [0.3, 0.4) is 0 Å². The third kappa shape index (κ3) is 3.65. The lowest BCUT2D eigenvalue weighted by atomic mass is 9.74. The second-order valence-electron chi connectivity index (χ2n) is 8.37. The second-order valence-corrected chi connectivity index (χ2v) is 8.37. The number of ether oxygens (including phenoxy) is 1. The standard InChI is InChI=1S/C20H27NO4/c1-19(2,3)25-18(24)21-10-6-9-20(13-21)12-14(11-17(22)23)15-7-4-5-8-16(15)20/h4-5,7-8,14H,6,9-13H2,1-3H3,(H,22,23). The Bertz CT molecular complexity index is 679. The summed E-state index contributed by atoms with van der Waals surface area (Å²) in [5.74, 6) is -0.746. The molecule has 1 spiro atoms. The molecule has 0 radical (unpaired) electrons. The Morgan fingerprint density at radius 3 is 2.72 bits per heavy atom. The van der Waals surface area contributed by atoms with Crippen LogP contribution in [0.5, 0.6) is 0 Å². The van der Waals surface area contributed by atoms with Gasteiger partial charge in [0, 0.05) is 18.5 Å². The quantitative estimate of drug-likeness (QED) is 0.882. The first kappa shape index (κ1) is 17.8. The van der Waals surface area contributed by atoms with Gasteiger partial charge in [-0.2, -0.15) is 0 Å². The van der Waals surface area contributed by atoms with Crippen molar-refractivity contribution in [3.05, 3.63) is 35.4 Å². The minimum absolute atomic E-state index is 0.0206. The van der Waals surface area contributed by atoms with Crippen LogP contribution in [-0.2, 0) is 14.9 Å². The molecule has 1 fully saturated rings. The molecule has 1 heterocycles. The molecule has 1 aliphatic heterocycles. The molecule has 1 N–H and O–H groups in total. The van der Waals surface area contributed by atoms with Crippen molar-refractivity contribution in [3.63, 3.8) is 0 Å². The molecule has 1 saturated heterocycles. The number of hydrogen-bond acceptors (Lipinski definition) is 3. The number of amides is 1. The normalized spacial score (nSPS) is 25.7. The molecule has 1 aromatic rings. The third-order valence-electron chi connectivity index (χ3n) is 5.26. The van der Waals surface area contributed by atoms with Crippen LogP contribution in [0.25, 0.3) is 0 Å². The number of fused-ring (bicyclic) bond motifs is 2. The second kappa shape index (κ2) is 6.36. The minimum Gasteiger partial charge on any atom is -0.481 e. The minimum atomic E-state index is -0.767. The van der Waals surface area contributed by atoms with E-state index in [4.69, 9.17) is 4.74 Å². The van der Waals surface area contributed by atoms with Gasteiger partial charge >= 0.3 is 12.1 Å². The molecule has 2 unspecified atom stereocenters. The van der Waals surface area contributed by atoms with Crippen molar-refractivity contribution in [3.8, 4) is 0 Å². The Hall–Kier alpha value is -2.04. The van der Waals surface area contributed by atoms with Gasteiger partial charge in [0.1, 0.15) is 5.60 Å². The molecule has 136 valence electrons. The van der Waals surface area contributed by atoms with Gasteiger partial charge in [0.2, 0.25) is 0 Å². The van der Waals surface area contributed by atoms with Gasteiger partial charge in [0.25, 0.3) is 0 Å². The summed E-state index contributed by atoms with van der Waals surface area (Å²) in [6.07, 6.45) is 2.56. The van der Waals surface area contributed by atoms with Gasteiger partial charge in [0.05, 0.1) is 6.42 Å². The zero-order valence-electron chi connectivity index (χ0n) is 15.2. The van der Waals surface area contributed by atoms with Crippen LogP contribution in [0, 0.1) is 0 Å². The van der Waals surface area contributed by atoms with Crippen molar-refractivity contribution in [2.24, 2.45) is 0 Å². The van der Waals surface area contributed by atoms with Crippen LogP contribution in [0.1, 0.15) is 63.5 Å². The van der Waals surface area contributed by atoms with Crippen LogP contribution < -0.4 is 0 Å². The summed E-state index contributed by atoms with van der Waals surface area (Å²) in [6, 6.07) is 8.14. The Morgan fingerprint density at radius 1 is 1.32 bits per heavy atom. The van der Waals surface area contributed by atoms with E-state index in [1.807, 2.05) is 39.0 Å². The van der Waals surface area contributed by atoms with Crippen molar-refractivity contribution in [2.45, 2.75) is 63.4 Å². The number of aliphatic carboxylic acids is 1. The molecule has 0 bridgehead atoms. The maximum atomic E-state index is 12.5. The van der Waals surface area contributed by atoms with Gasteiger partial charge in [-0.3, -0.25) is 4.79 Å². The van der Waals surface area contributed by atoms with E-state index in [1.165, 1.54) is 5.56 Å². The smallest absolute Gasteiger partial charge is 0.410 e. The number of hydrogen-bond donors (Lipinski definition) is 1. The summed E-state index contributed by atoms with van der Waals surface area (Å²) in [7, 11) is 0. The van der Waals surface area contributed by atoms with Crippen LogP contribution in [-0.4, -0.2) is 40.8 Å². The number of likely N-dealkylation sites (tertiary alicyclic amines) is 1. The predicted molar refractivity (Wildman–Crippen MR) is 94.8 cm³/mol. The number of piperidine rings is 1. The lowest BCUT2D eigenvalue weighted by Gasteiger charge is -2.41. The number of carboxylic acid groups (broad SMARTS) is 1. The van der Waals surface area contributed by atoms with E-state index in [0.717, 1.165) is 24.8 Å². The summed E-state index contributed by atoms with van der Waals surface area (Å²) >= 11 is 0. The van der Waals surface area contributed by atoms with Gasteiger partial charge in [-0.1, -0.05) is 24.3 Å². The first-order chi connectivity index (χ1) is 11.7. The van der Waals surface area contributed by atoms with Crippen molar-refractivity contribution >= 4 is 12.1 Å². The maximum absolute atomic E-state index is 12.5. The van der Waals surface area contributed by atoms with Crippen LogP contribution in [0.15, 0.2) is 24.3 Å². The highest BCUT2D eigenvalue weighted by Crippen LogP contribution is 2.51. The lowest BCUT2D eigenvalue weighted by molar-refractivity contribution is -0.137. The number of benzene rings is 1. The number of nitrogens with zero attached hydrogens (tertiary/aromatic N) is 1. The highest BCUT2D eigenvalue weighted by atomic mass is 16.6. The highest BCUT2D eigenvalue weighted by molar-refractivity contribution is 5.70. The van der Waals surface area contributed by atoms with Crippen molar-refractivity contribution < 1.29 is 19.4 Å². The van der Waals surface area contributed by atoms with E-state index in [1.54, 1.807) is 4.90 Å². The third-order valence-corrected chi connectivity index (χ3v) is 5.26. The first-order valence-electron chi connectivity index (χ1n) is 8.99. The Kier molecular flexibility index (Phi) is 4.52. The Labute approximate surface area is 149 Å². The zero-order valence-corrected chi connectivity index (χ0v) is 15.2. The van der Waals surface area contributed by atoms with Crippen molar-refractivity contribution in [1.29, 1.82) is 0 Å². The summed E-state index contributed by atoms with van der Waals surface area (Å²) in [5, 5.41) is 9.27. The monoisotopic (exact) mass is 345 g/mol. The molecule has 1 aliphatic carbocycles. The van der Waals surface area contributed by atoms with E-state index < -0.39 is 11.6 Å². The molecule has 2 aliphatic rings. The predicted octanol–water partition coefficient (Wildman–Crippen LogP) is 3.92. The van der Waals surface area contributed by atoms with E-state index >= 15 is 0 Å². The number of carbonyl (C=O) groups is 2. The van der Waals surface area contributed by atoms with Gasteiger partial charge < -0.3 is 14.7 Å². The molecule has 0 aromatic heterocycles. The van der Waals surface area contributed by atoms with Crippen molar-refractivity contribution in [1.82, 2.24) is 4.90 Å². The Morgan fingerprint density at radius 2 is 2.04 bits per heavy atom. The molecule has 1 amide bonds. The molecule has 3 rings (SSSR count). The van der Waals surface area contributed by atoms with Crippen LogP contribution in [0.2, 0.25) is 0 Å². The molecular weight excluding hydrogens is 318 g/mol. The van der Waals surface area contributed by atoms with Gasteiger partial charge in [0.15, 0.2) is 0 Å². The van der Waals surface area contributed by atoms with Gasteiger partial charge in [-0.15, -0.1) is 0 Å². The first-order valence-corrected chi connectivity index (χ1v) is 8.99. The average Bonchev–Trinajstić information content (AvgIpc) is 2.79. The van der Waals surface area contributed by atoms with Gasteiger partial charge in [-0.05, 0) is 57.1 Å². The fourth-order valence-corrected chi connectivity index (χ4v) is 4.42. The fourth-order valence-electron chi connectivity index (χ4n) is 4.42. The van der Waals surface area contributed by atoms with Gasteiger partial charge in [-0.25, -0.2) is 4.79 Å². The number of carboxylic acids is 1. The molecule has 2 atom stereocenters. The van der Waals surface area contributed by atoms with E-state index in [2.05, 4.69) is 6.07 Å². The summed E-state index contributed by atoms with van der Waals surface area (Å²) in [5.41, 5.74) is 1.69. The van der Waals surface area contributed by atoms with Crippen LogP contribution >= 0.6 is 0 Å². The molecule has 1 aromatic carbocycles. The molecule has 0 saturated carbocycles. The average molecular weight is 345 g/mol. The molecule has 5 nitrogen and oxygen atoms in total. The molecule has 25 heavy (non-hydrogen) atoms. The maximum Gasteiger partial charge on any atom is 0.410 e. The van der Waals surface area contributed by atoms with E-state index in [9.17, 15) is 14.7 Å². The topological polar surface area (TPSA) is 66.8 Å². The van der Waals surface area contributed by atoms with Crippen molar-refractivity contribution in [2.75, 3.05) is 13.1 Å². The summed E-state index contributed by atoms with van der Waals surface area (Å²) in [6.45, 7) is 6.92. The van der Waals surface area contributed by atoms with Crippen LogP contribution in [0.4, 0.5) is 4.79 Å². The fraction of sp³-hybridized carbons (Fsp3) is 0.600. The Balaban J connectivity index is 1.86. The summed E-state index contributed by atoms with van der Waals surface area (Å²) < 4.78 is 5.55. The highest BCUT2D eigenvalue weighted by Gasteiger charge is 2.47. The molecule has 5 heteroatoms. The van der Waals surface area contributed by atoms with E-state index in [-0.39, 0.29) is 23.8 Å².